The summed E-state index contributed by atoms with van der Waals surface area (Å²) in [6, 6.07) is 4.14. The quantitative estimate of drug-likeness (QED) is 0.616. The van der Waals surface area contributed by atoms with Gasteiger partial charge in [0.2, 0.25) is 0 Å². The van der Waals surface area contributed by atoms with Crippen molar-refractivity contribution in [3.05, 3.63) is 35.4 Å². The van der Waals surface area contributed by atoms with Crippen molar-refractivity contribution in [2.24, 2.45) is 5.92 Å². The summed E-state index contributed by atoms with van der Waals surface area (Å²) in [6.45, 7) is 0.941. The molecule has 0 amide bonds. The third kappa shape index (κ3) is 1.04. The molecule has 2 aliphatic carbocycles. The van der Waals surface area contributed by atoms with E-state index in [1.807, 2.05) is 12.1 Å². The Hall–Kier alpha value is -1.52. The van der Waals surface area contributed by atoms with Crippen LogP contribution >= 0.6 is 0 Å². The van der Waals surface area contributed by atoms with Crippen molar-refractivity contribution in [1.29, 1.82) is 0 Å². The number of hydrogen-bond acceptors (Lipinski definition) is 4. The standard InChI is InChI=1S/C16H17NO3/c18-11-3-1-8-7-10-9-2-4-12(19)15-16(9,5-6-17-10)13(8)14(11)20-15/h1-4,9-10,12,15,17-19H,5-7H2/p+1/t9-,10+,12-,15-,16-/m0/s1. The van der Waals surface area contributed by atoms with Gasteiger partial charge in [-0.1, -0.05) is 18.2 Å². The van der Waals surface area contributed by atoms with Crippen molar-refractivity contribution in [3.63, 3.8) is 0 Å². The fourth-order valence-electron chi connectivity index (χ4n) is 4.98. The Morgan fingerprint density at radius 3 is 3.15 bits per heavy atom. The van der Waals surface area contributed by atoms with Crippen LogP contribution in [-0.4, -0.2) is 35.0 Å². The molecule has 1 aromatic rings. The summed E-state index contributed by atoms with van der Waals surface area (Å²) >= 11 is 0. The van der Waals surface area contributed by atoms with Gasteiger partial charge in [0.15, 0.2) is 11.5 Å². The number of phenols is 1. The lowest BCUT2D eigenvalue weighted by atomic mass is 9.54. The molecule has 5 rings (SSSR count). The minimum absolute atomic E-state index is 0. The summed E-state index contributed by atoms with van der Waals surface area (Å²) in [6.07, 6.45) is 5.08. The summed E-state index contributed by atoms with van der Waals surface area (Å²) in [5.74, 6) is 1.16. The predicted octanol–water partition coefficient (Wildman–Crippen LogP) is 0.968. The number of aliphatic hydroxyl groups excluding tert-OH is 1. The first-order chi connectivity index (χ1) is 9.72. The van der Waals surface area contributed by atoms with Crippen molar-refractivity contribution < 1.29 is 16.4 Å². The first kappa shape index (κ1) is 11.2. The topological polar surface area (TPSA) is 61.7 Å². The first-order valence-corrected chi connectivity index (χ1v) is 7.33. The molecule has 2 bridgehead atoms. The minimum atomic E-state index is -0.595. The second-order valence-electron chi connectivity index (χ2n) is 6.44. The highest BCUT2D eigenvalue weighted by Gasteiger charge is 2.63. The lowest BCUT2D eigenvalue weighted by Gasteiger charge is -2.53. The molecule has 20 heavy (non-hydrogen) atoms. The molecule has 4 aliphatic rings. The Bertz CT molecular complexity index is 647. The van der Waals surface area contributed by atoms with Gasteiger partial charge in [0.25, 0.3) is 0 Å². The molecule has 0 unspecified atom stereocenters. The largest absolute Gasteiger partial charge is 1.00 e. The molecule has 1 aromatic carbocycles. The molecule has 1 fully saturated rings. The molecule has 5 atom stereocenters. The van der Waals surface area contributed by atoms with Crippen LogP contribution < -0.4 is 10.1 Å². The van der Waals surface area contributed by atoms with E-state index < -0.39 is 6.10 Å². The summed E-state index contributed by atoms with van der Waals surface area (Å²) in [5.41, 5.74) is 2.26. The second kappa shape index (κ2) is 3.38. The van der Waals surface area contributed by atoms with Crippen LogP contribution in [0.15, 0.2) is 24.3 Å². The van der Waals surface area contributed by atoms with Gasteiger partial charge in [0, 0.05) is 22.9 Å². The molecule has 2 aliphatic heterocycles. The number of nitrogens with one attached hydrogen (secondary N) is 1. The zero-order valence-corrected chi connectivity index (χ0v) is 11.0. The van der Waals surface area contributed by atoms with Gasteiger partial charge in [-0.2, -0.15) is 0 Å². The molecule has 3 N–H and O–H groups in total. The van der Waals surface area contributed by atoms with E-state index in [0.29, 0.717) is 17.7 Å². The van der Waals surface area contributed by atoms with E-state index in [1.165, 1.54) is 5.56 Å². The Morgan fingerprint density at radius 1 is 1.35 bits per heavy atom. The normalized spacial score (nSPS) is 43.0. The number of rotatable bonds is 0. The van der Waals surface area contributed by atoms with E-state index in [2.05, 4.69) is 11.4 Å². The average molecular weight is 272 g/mol. The lowest BCUT2D eigenvalue weighted by Crippen LogP contribution is -2.64. The average Bonchev–Trinajstić information content (AvgIpc) is 2.78. The first-order valence-electron chi connectivity index (χ1n) is 7.33. The smallest absolute Gasteiger partial charge is 0.504 e. The molecular weight excluding hydrogens is 254 g/mol. The minimum Gasteiger partial charge on any atom is -0.504 e. The Labute approximate surface area is 118 Å². The van der Waals surface area contributed by atoms with Crippen molar-refractivity contribution in [3.8, 4) is 11.5 Å². The molecule has 4 nitrogen and oxygen atoms in total. The van der Waals surface area contributed by atoms with Crippen molar-refractivity contribution >= 4 is 0 Å². The maximum atomic E-state index is 10.4. The van der Waals surface area contributed by atoms with Crippen molar-refractivity contribution in [2.45, 2.75) is 36.5 Å². The third-order valence-electron chi connectivity index (χ3n) is 5.68. The maximum Gasteiger partial charge on any atom is 1.00 e. The van der Waals surface area contributed by atoms with E-state index in [4.69, 9.17) is 4.74 Å². The summed E-state index contributed by atoms with van der Waals surface area (Å²) in [4.78, 5) is 0. The number of benzene rings is 1. The Kier molecular flexibility index (Phi) is 1.89. The number of aliphatic hydroxyl groups is 1. The van der Waals surface area contributed by atoms with Crippen LogP contribution in [0.4, 0.5) is 0 Å². The van der Waals surface area contributed by atoms with Gasteiger partial charge >= 0.3 is 1.43 Å². The van der Waals surface area contributed by atoms with Crippen molar-refractivity contribution in [2.75, 3.05) is 6.54 Å². The number of phenolic OH excluding ortho intramolecular Hbond substituents is 1. The van der Waals surface area contributed by atoms with E-state index in [-0.39, 0.29) is 18.7 Å². The highest BCUT2D eigenvalue weighted by Crippen LogP contribution is 2.61. The molecular formula is C16H18NO3+. The fourth-order valence-corrected chi connectivity index (χ4v) is 4.98. The van der Waals surface area contributed by atoms with Crippen LogP contribution in [0.5, 0.6) is 11.5 Å². The number of ether oxygens (including phenoxy) is 1. The summed E-state index contributed by atoms with van der Waals surface area (Å²) < 4.78 is 6.04. The highest BCUT2D eigenvalue weighted by molar-refractivity contribution is 5.61. The second-order valence-corrected chi connectivity index (χ2v) is 6.44. The molecule has 104 valence electrons. The SMILES string of the molecule is Oc1ccc2c3c1O[C@H]1[C@@H](O)C=C[C@H]4[C@@H](C2)NCC[C@@]341.[H+]. The van der Waals surface area contributed by atoms with Gasteiger partial charge in [0.05, 0.1) is 0 Å². The molecule has 0 aromatic heterocycles. The van der Waals surface area contributed by atoms with Crippen LogP contribution in [-0.2, 0) is 11.8 Å². The van der Waals surface area contributed by atoms with Gasteiger partial charge < -0.3 is 20.3 Å². The Morgan fingerprint density at radius 2 is 2.25 bits per heavy atom. The summed E-state index contributed by atoms with van der Waals surface area (Å²) in [7, 11) is 0. The van der Waals surface area contributed by atoms with Crippen LogP contribution in [0.1, 0.15) is 19.0 Å². The lowest BCUT2D eigenvalue weighted by molar-refractivity contribution is -0.0177. The monoisotopic (exact) mass is 272 g/mol. The highest BCUT2D eigenvalue weighted by atomic mass is 16.5. The van der Waals surface area contributed by atoms with Gasteiger partial charge in [-0.05, 0) is 31.0 Å². The molecule has 4 heteroatoms. The van der Waals surface area contributed by atoms with Crippen LogP contribution in [0.25, 0.3) is 0 Å². The molecule has 0 saturated carbocycles. The van der Waals surface area contributed by atoms with Gasteiger partial charge in [0.1, 0.15) is 12.2 Å². The Balaban J connectivity index is 0.00000115. The van der Waals surface area contributed by atoms with E-state index >= 15 is 0 Å². The molecule has 1 saturated heterocycles. The van der Waals surface area contributed by atoms with E-state index in [9.17, 15) is 10.2 Å². The molecule has 0 radical (unpaired) electrons. The van der Waals surface area contributed by atoms with Gasteiger partial charge in [-0.15, -0.1) is 0 Å². The van der Waals surface area contributed by atoms with Crippen LogP contribution in [0, 0.1) is 5.92 Å². The number of hydrogen-bond donors (Lipinski definition) is 3. The van der Waals surface area contributed by atoms with Crippen LogP contribution in [0.2, 0.25) is 0 Å². The zero-order chi connectivity index (χ0) is 13.5. The predicted molar refractivity (Wildman–Crippen MR) is 74.1 cm³/mol. The molecule has 1 spiro atoms. The maximum absolute atomic E-state index is 10.4. The van der Waals surface area contributed by atoms with Gasteiger partial charge in [-0.3, -0.25) is 0 Å². The number of aromatic hydroxyl groups is 1. The van der Waals surface area contributed by atoms with E-state index in [0.717, 1.165) is 24.9 Å². The fraction of sp³-hybridized carbons (Fsp3) is 0.500. The van der Waals surface area contributed by atoms with Gasteiger partial charge in [-0.25, -0.2) is 0 Å². The summed E-state index contributed by atoms with van der Waals surface area (Å²) in [5, 5.41) is 24.1. The van der Waals surface area contributed by atoms with E-state index in [1.54, 1.807) is 6.07 Å². The third-order valence-corrected chi connectivity index (χ3v) is 5.68. The van der Waals surface area contributed by atoms with Crippen LogP contribution in [0.3, 0.4) is 0 Å². The number of piperidine rings is 1. The molecule has 2 heterocycles. The van der Waals surface area contributed by atoms with Crippen molar-refractivity contribution in [1.82, 2.24) is 5.32 Å². The zero-order valence-electron chi connectivity index (χ0n) is 12.0.